The topological polar surface area (TPSA) is 54.9 Å². The zero-order valence-electron chi connectivity index (χ0n) is 14.0. The third-order valence-electron chi connectivity index (χ3n) is 4.42. The number of halogens is 1. The molecule has 0 atom stereocenters. The van der Waals surface area contributed by atoms with E-state index >= 15 is 0 Å². The number of H-pyrrole nitrogens is 1. The van der Waals surface area contributed by atoms with Gasteiger partial charge in [-0.05, 0) is 54.5 Å². The van der Waals surface area contributed by atoms with Gasteiger partial charge in [0, 0.05) is 16.3 Å². The van der Waals surface area contributed by atoms with E-state index in [0.717, 1.165) is 11.1 Å². The molecule has 1 aliphatic rings. The van der Waals surface area contributed by atoms with Crippen molar-refractivity contribution in [1.29, 1.82) is 0 Å². The summed E-state index contributed by atoms with van der Waals surface area (Å²) in [5, 5.41) is 3.66. The predicted octanol–water partition coefficient (Wildman–Crippen LogP) is 4.26. The Bertz CT molecular complexity index is 1130. The normalized spacial score (nSPS) is 14.7. The highest BCUT2D eigenvalue weighted by molar-refractivity contribution is 6.33. The molecule has 0 saturated heterocycles. The molecule has 1 aromatic heterocycles. The zero-order chi connectivity index (χ0) is 18.3. The third-order valence-corrected chi connectivity index (χ3v) is 4.67. The molecule has 0 saturated carbocycles. The summed E-state index contributed by atoms with van der Waals surface area (Å²) in [7, 11) is 0. The van der Waals surface area contributed by atoms with E-state index < -0.39 is 0 Å². The number of carbonyl (C=O) groups is 1. The largest absolute Gasteiger partial charge is 0.295 e. The van der Waals surface area contributed by atoms with Gasteiger partial charge in [0.2, 0.25) is 0 Å². The minimum atomic E-state index is -0.211. The number of allylic oxidation sites excluding steroid dienone is 2. The Morgan fingerprint density at radius 1 is 1.00 bits per heavy atom. The molecule has 1 heterocycles. The van der Waals surface area contributed by atoms with Crippen molar-refractivity contribution in [3.63, 3.8) is 0 Å². The van der Waals surface area contributed by atoms with Gasteiger partial charge in [0.1, 0.15) is 0 Å². The number of hydrogen-bond donors (Lipinski definition) is 1. The molecule has 2 aromatic carbocycles. The van der Waals surface area contributed by atoms with Gasteiger partial charge in [-0.2, -0.15) is 0 Å². The second kappa shape index (κ2) is 6.32. The summed E-state index contributed by atoms with van der Waals surface area (Å²) in [6.45, 7) is 1.81. The van der Waals surface area contributed by atoms with E-state index in [9.17, 15) is 9.59 Å². The van der Waals surface area contributed by atoms with Crippen molar-refractivity contribution in [1.82, 2.24) is 9.78 Å². The van der Waals surface area contributed by atoms with Crippen molar-refractivity contribution in [2.24, 2.45) is 0 Å². The van der Waals surface area contributed by atoms with Gasteiger partial charge in [0.15, 0.2) is 5.78 Å². The van der Waals surface area contributed by atoms with Gasteiger partial charge in [-0.25, -0.2) is 4.68 Å². The molecule has 1 aliphatic carbocycles. The van der Waals surface area contributed by atoms with Gasteiger partial charge in [0.05, 0.1) is 11.3 Å². The summed E-state index contributed by atoms with van der Waals surface area (Å²) in [6.07, 6.45) is 5.00. The van der Waals surface area contributed by atoms with Crippen LogP contribution in [0.25, 0.3) is 23.4 Å². The number of hydrogen-bond acceptors (Lipinski definition) is 2. The number of nitrogens with zero attached hydrogens (tertiary/aromatic N) is 1. The smallest absolute Gasteiger partial charge is 0.278 e. The molecule has 0 aliphatic heterocycles. The summed E-state index contributed by atoms with van der Waals surface area (Å²) in [5.41, 5.74) is 3.94. The molecule has 3 aromatic rings. The summed E-state index contributed by atoms with van der Waals surface area (Å²) in [4.78, 5) is 25.3. The van der Waals surface area contributed by atoms with Crippen LogP contribution in [0.2, 0.25) is 5.02 Å². The van der Waals surface area contributed by atoms with Crippen LogP contribution in [-0.4, -0.2) is 15.6 Å². The maximum atomic E-state index is 12.9. The van der Waals surface area contributed by atoms with Crippen LogP contribution in [0.4, 0.5) is 0 Å². The molecule has 0 radical (unpaired) electrons. The van der Waals surface area contributed by atoms with Crippen LogP contribution in [0.15, 0.2) is 59.4 Å². The quantitative estimate of drug-likeness (QED) is 0.692. The van der Waals surface area contributed by atoms with E-state index in [-0.39, 0.29) is 11.3 Å². The Morgan fingerprint density at radius 2 is 1.73 bits per heavy atom. The van der Waals surface area contributed by atoms with Crippen molar-refractivity contribution >= 4 is 35.1 Å². The Hall–Kier alpha value is -3.11. The van der Waals surface area contributed by atoms with E-state index in [1.807, 2.05) is 31.2 Å². The third kappa shape index (κ3) is 2.74. The number of aromatic nitrogens is 2. The van der Waals surface area contributed by atoms with Crippen LogP contribution in [0, 0.1) is 6.92 Å². The number of ketones is 1. The maximum absolute atomic E-state index is 12.9. The highest BCUT2D eigenvalue weighted by Gasteiger charge is 2.19. The first-order valence-electron chi connectivity index (χ1n) is 8.15. The van der Waals surface area contributed by atoms with E-state index in [4.69, 9.17) is 11.6 Å². The first kappa shape index (κ1) is 16.4. The predicted molar refractivity (Wildman–Crippen MR) is 104 cm³/mol. The number of fused-ring (bicyclic) bond motifs is 1. The number of carbonyl (C=O) groups excluding carboxylic acids is 1. The van der Waals surface area contributed by atoms with Crippen LogP contribution in [0.1, 0.15) is 22.4 Å². The van der Waals surface area contributed by atoms with Crippen LogP contribution >= 0.6 is 11.6 Å². The molecule has 0 unspecified atom stereocenters. The van der Waals surface area contributed by atoms with E-state index in [1.165, 1.54) is 10.8 Å². The Kier molecular flexibility index (Phi) is 3.98. The summed E-state index contributed by atoms with van der Waals surface area (Å²) in [6, 6.07) is 14.6. The highest BCUT2D eigenvalue weighted by atomic mass is 35.5. The molecular formula is C21H15ClN2O2. The summed E-state index contributed by atoms with van der Waals surface area (Å²) >= 11 is 5.92. The monoisotopic (exact) mass is 362 g/mol. The molecule has 26 heavy (non-hydrogen) atoms. The number of aromatic amines is 1. The lowest BCUT2D eigenvalue weighted by atomic mass is 9.90. The first-order chi connectivity index (χ1) is 12.5. The van der Waals surface area contributed by atoms with Crippen LogP contribution < -0.4 is 5.56 Å². The van der Waals surface area contributed by atoms with Crippen molar-refractivity contribution < 1.29 is 4.79 Å². The van der Waals surface area contributed by atoms with Crippen LogP contribution in [0.5, 0.6) is 0 Å². The lowest BCUT2D eigenvalue weighted by molar-refractivity contribution is -0.109. The number of aryl methyl sites for hydroxylation is 1. The number of nitrogens with one attached hydrogen (secondary N) is 1. The van der Waals surface area contributed by atoms with Crippen molar-refractivity contribution in [2.75, 3.05) is 0 Å². The molecule has 0 spiro atoms. The van der Waals surface area contributed by atoms with E-state index in [2.05, 4.69) is 5.10 Å². The fraction of sp³-hybridized carbons (Fsp3) is 0.0476. The Labute approximate surface area is 155 Å². The first-order valence-corrected chi connectivity index (χ1v) is 8.53. The molecule has 5 heteroatoms. The fourth-order valence-electron chi connectivity index (χ4n) is 3.07. The maximum Gasteiger partial charge on any atom is 0.278 e. The molecule has 0 bridgehead atoms. The van der Waals surface area contributed by atoms with Gasteiger partial charge >= 0.3 is 0 Å². The fourth-order valence-corrected chi connectivity index (χ4v) is 3.20. The zero-order valence-corrected chi connectivity index (χ0v) is 14.7. The second-order valence-electron chi connectivity index (χ2n) is 6.11. The van der Waals surface area contributed by atoms with E-state index in [0.29, 0.717) is 27.5 Å². The minimum absolute atomic E-state index is 0.109. The van der Waals surface area contributed by atoms with Crippen LogP contribution in [0.3, 0.4) is 0 Å². The van der Waals surface area contributed by atoms with Gasteiger partial charge in [-0.3, -0.25) is 14.7 Å². The average Bonchev–Trinajstić information content (AvgIpc) is 2.92. The van der Waals surface area contributed by atoms with Crippen molar-refractivity contribution in [3.05, 3.63) is 92.4 Å². The van der Waals surface area contributed by atoms with Crippen LogP contribution in [-0.2, 0) is 4.79 Å². The number of benzene rings is 2. The highest BCUT2D eigenvalue weighted by Crippen LogP contribution is 2.28. The lowest BCUT2D eigenvalue weighted by Gasteiger charge is -2.12. The van der Waals surface area contributed by atoms with Crippen molar-refractivity contribution in [3.8, 4) is 5.69 Å². The minimum Gasteiger partial charge on any atom is -0.295 e. The standard InChI is InChI=1S/C21H15ClN2O2/c1-13-18(21(26)24(23-13)16-9-7-15(22)8-10-16)12-19-17-5-3-2-4-14(17)6-11-20(19)25/h2-12,23H,1H3. The van der Waals surface area contributed by atoms with Gasteiger partial charge in [-0.15, -0.1) is 0 Å². The number of rotatable bonds is 2. The van der Waals surface area contributed by atoms with Gasteiger partial charge in [-0.1, -0.05) is 41.9 Å². The Morgan fingerprint density at radius 3 is 2.50 bits per heavy atom. The van der Waals surface area contributed by atoms with E-state index in [1.54, 1.807) is 36.4 Å². The Balaban J connectivity index is 1.86. The molecular weight excluding hydrogens is 348 g/mol. The molecule has 128 valence electrons. The summed E-state index contributed by atoms with van der Waals surface area (Å²) < 4.78 is 1.45. The second-order valence-corrected chi connectivity index (χ2v) is 6.55. The summed E-state index contributed by atoms with van der Waals surface area (Å²) in [5.74, 6) is -0.109. The molecule has 4 rings (SSSR count). The molecule has 4 nitrogen and oxygen atoms in total. The lowest BCUT2D eigenvalue weighted by Crippen LogP contribution is -2.16. The van der Waals surface area contributed by atoms with Crippen molar-refractivity contribution in [2.45, 2.75) is 6.92 Å². The molecule has 1 N–H and O–H groups in total. The SMILES string of the molecule is Cc1[nH]n(-c2ccc(Cl)cc2)c(=O)c1C=C1C(=O)C=Cc2ccccc21. The van der Waals surface area contributed by atoms with Gasteiger partial charge in [0.25, 0.3) is 5.56 Å². The molecule has 0 amide bonds. The van der Waals surface area contributed by atoms with Gasteiger partial charge < -0.3 is 0 Å². The average molecular weight is 363 g/mol. The molecule has 0 fully saturated rings.